The van der Waals surface area contributed by atoms with E-state index in [9.17, 15) is 4.79 Å². The van der Waals surface area contributed by atoms with Crippen LogP contribution in [0.4, 0.5) is 5.69 Å². The number of nitrogens with one attached hydrogen (secondary N) is 1. The Kier molecular flexibility index (Phi) is 3.35. The van der Waals surface area contributed by atoms with Crippen molar-refractivity contribution in [3.05, 3.63) is 34.3 Å². The van der Waals surface area contributed by atoms with Crippen molar-refractivity contribution in [3.8, 4) is 0 Å². The van der Waals surface area contributed by atoms with Crippen molar-refractivity contribution in [2.45, 2.75) is 19.4 Å². The molecule has 5 nitrogen and oxygen atoms in total. The number of ether oxygens (including phenoxy) is 1. The summed E-state index contributed by atoms with van der Waals surface area (Å²) in [5.41, 5.74) is 1.83. The van der Waals surface area contributed by atoms with E-state index in [4.69, 9.17) is 4.74 Å². The average Bonchev–Trinajstić information content (AvgIpc) is 3.07. The van der Waals surface area contributed by atoms with E-state index in [2.05, 4.69) is 10.4 Å². The summed E-state index contributed by atoms with van der Waals surface area (Å²) in [7, 11) is 0. The van der Waals surface area contributed by atoms with Crippen molar-refractivity contribution >= 4 is 22.9 Å². The van der Waals surface area contributed by atoms with Gasteiger partial charge < -0.3 is 10.1 Å². The number of aromatic nitrogens is 2. The van der Waals surface area contributed by atoms with Gasteiger partial charge in [0.25, 0.3) is 5.91 Å². The van der Waals surface area contributed by atoms with Gasteiger partial charge in [0.2, 0.25) is 0 Å². The maximum atomic E-state index is 12.0. The normalized spacial score (nSPS) is 18.7. The van der Waals surface area contributed by atoms with Gasteiger partial charge in [0.15, 0.2) is 0 Å². The van der Waals surface area contributed by atoms with Crippen molar-refractivity contribution in [1.82, 2.24) is 9.78 Å². The predicted molar refractivity (Wildman–Crippen MR) is 73.7 cm³/mol. The number of carbonyl (C=O) groups excluding carboxylic acids is 1. The number of rotatable bonds is 3. The van der Waals surface area contributed by atoms with Gasteiger partial charge in [-0.2, -0.15) is 5.10 Å². The molecule has 1 amide bonds. The topological polar surface area (TPSA) is 56.2 Å². The first-order chi connectivity index (χ1) is 9.22. The molecule has 2 aromatic heterocycles. The second-order valence-corrected chi connectivity index (χ2v) is 5.58. The average molecular weight is 277 g/mol. The number of thiophene rings is 1. The molecule has 6 heteroatoms. The molecule has 1 fully saturated rings. The molecular weight excluding hydrogens is 262 g/mol. The van der Waals surface area contributed by atoms with Gasteiger partial charge in [-0.15, -0.1) is 11.3 Å². The molecule has 0 unspecified atom stereocenters. The smallest absolute Gasteiger partial charge is 0.265 e. The Morgan fingerprint density at radius 3 is 3.21 bits per heavy atom. The highest BCUT2D eigenvalue weighted by Gasteiger charge is 2.18. The Balaban J connectivity index is 1.68. The number of anilines is 1. The van der Waals surface area contributed by atoms with Gasteiger partial charge in [-0.3, -0.25) is 9.48 Å². The van der Waals surface area contributed by atoms with E-state index in [0.717, 1.165) is 29.2 Å². The Morgan fingerprint density at radius 1 is 1.63 bits per heavy atom. The summed E-state index contributed by atoms with van der Waals surface area (Å²) >= 11 is 1.45. The molecule has 0 spiro atoms. The monoisotopic (exact) mass is 277 g/mol. The summed E-state index contributed by atoms with van der Waals surface area (Å²) in [4.78, 5) is 12.7. The molecule has 3 heterocycles. The Morgan fingerprint density at radius 2 is 2.53 bits per heavy atom. The minimum absolute atomic E-state index is 0.0830. The van der Waals surface area contributed by atoms with Gasteiger partial charge in [0.05, 0.1) is 29.4 Å². The largest absolute Gasteiger partial charge is 0.379 e. The third-order valence-corrected chi connectivity index (χ3v) is 4.14. The first-order valence-corrected chi connectivity index (χ1v) is 7.09. The first kappa shape index (κ1) is 12.4. The maximum Gasteiger partial charge on any atom is 0.265 e. The third-order valence-electron chi connectivity index (χ3n) is 3.09. The SMILES string of the molecule is Cc1csc(C(=O)Nc2cnn([C@H]3CCOC3)c2)c1. The Hall–Kier alpha value is -1.66. The molecule has 100 valence electrons. The lowest BCUT2D eigenvalue weighted by Gasteiger charge is -2.06. The molecular formula is C13H15N3O2S. The standard InChI is InChI=1S/C13H15N3O2S/c1-9-4-12(19-8-9)13(17)15-10-5-14-16(6-10)11-2-3-18-7-11/h4-6,8,11H,2-3,7H2,1H3,(H,15,17)/t11-/m0/s1. The highest BCUT2D eigenvalue weighted by molar-refractivity contribution is 7.12. The second kappa shape index (κ2) is 5.14. The second-order valence-electron chi connectivity index (χ2n) is 4.67. The zero-order valence-corrected chi connectivity index (χ0v) is 11.4. The van der Waals surface area contributed by atoms with Gasteiger partial charge in [-0.25, -0.2) is 0 Å². The van der Waals surface area contributed by atoms with Crippen LogP contribution in [0.3, 0.4) is 0 Å². The van der Waals surface area contributed by atoms with Crippen LogP contribution in [0.15, 0.2) is 23.8 Å². The fourth-order valence-electron chi connectivity index (χ4n) is 2.08. The van der Waals surface area contributed by atoms with Crippen LogP contribution in [0.5, 0.6) is 0 Å². The van der Waals surface area contributed by atoms with Crippen LogP contribution in [0.25, 0.3) is 0 Å². The molecule has 1 saturated heterocycles. The summed E-state index contributed by atoms with van der Waals surface area (Å²) < 4.78 is 7.19. The van der Waals surface area contributed by atoms with Crippen molar-refractivity contribution in [2.75, 3.05) is 18.5 Å². The predicted octanol–water partition coefficient (Wildman–Crippen LogP) is 2.47. The van der Waals surface area contributed by atoms with Crippen LogP contribution in [-0.4, -0.2) is 28.9 Å². The van der Waals surface area contributed by atoms with Crippen LogP contribution in [0.1, 0.15) is 27.7 Å². The molecule has 0 aliphatic carbocycles. The highest BCUT2D eigenvalue weighted by Crippen LogP contribution is 2.20. The lowest BCUT2D eigenvalue weighted by atomic mass is 10.3. The lowest BCUT2D eigenvalue weighted by molar-refractivity contribution is 0.103. The molecule has 1 aliphatic heterocycles. The zero-order chi connectivity index (χ0) is 13.2. The first-order valence-electron chi connectivity index (χ1n) is 6.21. The molecule has 3 rings (SSSR count). The molecule has 0 radical (unpaired) electrons. The van der Waals surface area contributed by atoms with Crippen LogP contribution < -0.4 is 5.32 Å². The van der Waals surface area contributed by atoms with Crippen molar-refractivity contribution in [2.24, 2.45) is 0 Å². The van der Waals surface area contributed by atoms with E-state index in [-0.39, 0.29) is 11.9 Å². The quantitative estimate of drug-likeness (QED) is 0.937. The van der Waals surface area contributed by atoms with Crippen LogP contribution in [0, 0.1) is 6.92 Å². The number of carbonyl (C=O) groups is 1. The molecule has 2 aromatic rings. The van der Waals surface area contributed by atoms with Crippen molar-refractivity contribution < 1.29 is 9.53 Å². The molecule has 1 N–H and O–H groups in total. The fourth-order valence-corrected chi connectivity index (χ4v) is 2.87. The minimum atomic E-state index is -0.0830. The van der Waals surface area contributed by atoms with E-state index in [0.29, 0.717) is 6.61 Å². The summed E-state index contributed by atoms with van der Waals surface area (Å²) in [5.74, 6) is -0.0830. The minimum Gasteiger partial charge on any atom is -0.379 e. The summed E-state index contributed by atoms with van der Waals surface area (Å²) in [6.45, 7) is 3.45. The van der Waals surface area contributed by atoms with Crippen LogP contribution in [-0.2, 0) is 4.74 Å². The van der Waals surface area contributed by atoms with E-state index in [1.165, 1.54) is 11.3 Å². The van der Waals surface area contributed by atoms with Gasteiger partial charge in [-0.1, -0.05) is 0 Å². The zero-order valence-electron chi connectivity index (χ0n) is 10.6. The highest BCUT2D eigenvalue weighted by atomic mass is 32.1. The van der Waals surface area contributed by atoms with Gasteiger partial charge in [-0.05, 0) is 30.4 Å². The summed E-state index contributed by atoms with van der Waals surface area (Å²) in [6, 6.07) is 2.17. The molecule has 0 aromatic carbocycles. The number of nitrogens with zero attached hydrogens (tertiary/aromatic N) is 2. The van der Waals surface area contributed by atoms with Gasteiger partial charge >= 0.3 is 0 Å². The van der Waals surface area contributed by atoms with Gasteiger partial charge in [0, 0.05) is 12.8 Å². The van der Waals surface area contributed by atoms with Crippen LogP contribution >= 0.6 is 11.3 Å². The Labute approximate surface area is 115 Å². The molecule has 1 atom stereocenters. The molecule has 19 heavy (non-hydrogen) atoms. The van der Waals surface area contributed by atoms with E-state index in [1.54, 1.807) is 6.20 Å². The van der Waals surface area contributed by atoms with E-state index in [1.807, 2.05) is 29.2 Å². The Bertz CT molecular complexity index is 584. The van der Waals surface area contributed by atoms with Crippen molar-refractivity contribution in [1.29, 1.82) is 0 Å². The van der Waals surface area contributed by atoms with Crippen molar-refractivity contribution in [3.63, 3.8) is 0 Å². The molecule has 0 saturated carbocycles. The van der Waals surface area contributed by atoms with Gasteiger partial charge in [0.1, 0.15) is 0 Å². The summed E-state index contributed by atoms with van der Waals surface area (Å²) in [6.07, 6.45) is 4.51. The number of aryl methyl sites for hydroxylation is 1. The number of hydrogen-bond acceptors (Lipinski definition) is 4. The third kappa shape index (κ3) is 2.69. The lowest BCUT2D eigenvalue weighted by Crippen LogP contribution is -2.10. The maximum absolute atomic E-state index is 12.0. The fraction of sp³-hybridized carbons (Fsp3) is 0.385. The number of amides is 1. The number of hydrogen-bond donors (Lipinski definition) is 1. The molecule has 1 aliphatic rings. The molecule has 0 bridgehead atoms. The summed E-state index contributed by atoms with van der Waals surface area (Å²) in [5, 5.41) is 9.10. The van der Waals surface area contributed by atoms with Crippen LogP contribution in [0.2, 0.25) is 0 Å². The van der Waals surface area contributed by atoms with E-state index < -0.39 is 0 Å². The van der Waals surface area contributed by atoms with E-state index >= 15 is 0 Å².